The van der Waals surface area contributed by atoms with Crippen LogP contribution in [0.15, 0.2) is 41.3 Å². The van der Waals surface area contributed by atoms with E-state index >= 15 is 0 Å². The van der Waals surface area contributed by atoms with E-state index in [0.717, 1.165) is 5.52 Å². The van der Waals surface area contributed by atoms with Gasteiger partial charge in [0.1, 0.15) is 0 Å². The lowest BCUT2D eigenvalue weighted by Gasteiger charge is -2.08. The van der Waals surface area contributed by atoms with Crippen molar-refractivity contribution in [3.63, 3.8) is 0 Å². The molecule has 0 bridgehead atoms. The third-order valence-electron chi connectivity index (χ3n) is 2.21. The van der Waals surface area contributed by atoms with Gasteiger partial charge in [0.2, 0.25) is 0 Å². The minimum absolute atomic E-state index is 0.0183. The average molecular weight is 218 g/mol. The lowest BCUT2D eigenvalue weighted by Crippen LogP contribution is -2.18. The first-order valence-electron chi connectivity index (χ1n) is 4.55. The van der Waals surface area contributed by atoms with Gasteiger partial charge in [0.25, 0.3) is 0 Å². The number of aromatic nitrogens is 1. The number of nitrogens with zero attached hydrogens (tertiary/aromatic N) is 1. The molecule has 0 spiro atoms. The van der Waals surface area contributed by atoms with Gasteiger partial charge in [-0.15, -0.1) is 0 Å². The second-order valence-electron chi connectivity index (χ2n) is 3.29. The summed E-state index contributed by atoms with van der Waals surface area (Å²) < 4.78 is 1.87. The van der Waals surface area contributed by atoms with Crippen molar-refractivity contribution < 1.29 is 0 Å². The zero-order valence-corrected chi connectivity index (χ0v) is 8.83. The van der Waals surface area contributed by atoms with Gasteiger partial charge in [0, 0.05) is 17.6 Å². The molecule has 0 aliphatic rings. The van der Waals surface area contributed by atoms with Crippen molar-refractivity contribution in [3.8, 4) is 0 Å². The van der Waals surface area contributed by atoms with Crippen molar-refractivity contribution in [1.82, 2.24) is 4.57 Å². The molecule has 2 rings (SSSR count). The molecule has 1 heterocycles. The Labute approximate surface area is 92.1 Å². The van der Waals surface area contributed by atoms with Gasteiger partial charge in [-0.05, 0) is 12.1 Å². The highest BCUT2D eigenvalue weighted by Gasteiger charge is 2.01. The molecule has 0 saturated carbocycles. The predicted molar refractivity (Wildman–Crippen MR) is 65.0 cm³/mol. The fourth-order valence-electron chi connectivity index (χ4n) is 1.57. The number of hydrogen-bond acceptors (Lipinski definition) is 2. The first-order chi connectivity index (χ1) is 7.18. The number of nitrogens with two attached hydrogens (primary N) is 1. The lowest BCUT2D eigenvalue weighted by molar-refractivity contribution is 0.886. The maximum Gasteiger partial charge on any atom is 0.189 e. The molecular formula is C11H10N2OS. The highest BCUT2D eigenvalue weighted by atomic mass is 32.1. The van der Waals surface area contributed by atoms with Gasteiger partial charge >= 0.3 is 0 Å². The van der Waals surface area contributed by atoms with Crippen LogP contribution in [0.4, 0.5) is 0 Å². The molecular weight excluding hydrogens is 208 g/mol. The zero-order chi connectivity index (χ0) is 10.8. The molecule has 0 atom stereocenters. The lowest BCUT2D eigenvalue weighted by atomic mass is 10.2. The van der Waals surface area contributed by atoms with E-state index in [2.05, 4.69) is 0 Å². The second kappa shape index (κ2) is 3.82. The predicted octanol–water partition coefficient (Wildman–Crippen LogP) is 1.29. The number of thiocarbonyl (C=S) groups is 1. The van der Waals surface area contributed by atoms with Crippen LogP contribution in [0.2, 0.25) is 0 Å². The third kappa shape index (κ3) is 1.89. The second-order valence-corrected chi connectivity index (χ2v) is 3.82. The number of benzene rings is 1. The molecule has 4 heteroatoms. The van der Waals surface area contributed by atoms with Crippen molar-refractivity contribution in [1.29, 1.82) is 0 Å². The Kier molecular flexibility index (Phi) is 2.51. The molecule has 0 amide bonds. The summed E-state index contributed by atoms with van der Waals surface area (Å²) in [5.74, 6) is 0. The van der Waals surface area contributed by atoms with E-state index in [4.69, 9.17) is 18.0 Å². The Bertz CT molecular complexity index is 574. The normalized spacial score (nSPS) is 10.4. The standard InChI is InChI=1S/C11H10N2OS/c12-11(15)7-13-6-5-10(14)8-3-1-2-4-9(8)13/h1-6H,7H2,(H2,12,15). The number of para-hydroxylation sites is 1. The molecule has 0 radical (unpaired) electrons. The van der Waals surface area contributed by atoms with Gasteiger partial charge in [-0.3, -0.25) is 4.79 Å². The van der Waals surface area contributed by atoms with Crippen LogP contribution in [-0.2, 0) is 6.54 Å². The topological polar surface area (TPSA) is 48.0 Å². The van der Waals surface area contributed by atoms with Crippen molar-refractivity contribution in [2.75, 3.05) is 0 Å². The number of pyridine rings is 1. The van der Waals surface area contributed by atoms with Crippen molar-refractivity contribution in [2.24, 2.45) is 5.73 Å². The summed E-state index contributed by atoms with van der Waals surface area (Å²) in [5.41, 5.74) is 6.36. The molecule has 2 N–H and O–H groups in total. The Morgan fingerprint density at radius 2 is 2.07 bits per heavy atom. The van der Waals surface area contributed by atoms with E-state index in [9.17, 15) is 4.79 Å². The van der Waals surface area contributed by atoms with E-state index < -0.39 is 0 Å². The van der Waals surface area contributed by atoms with Crippen LogP contribution in [0.1, 0.15) is 0 Å². The Morgan fingerprint density at radius 1 is 1.33 bits per heavy atom. The number of hydrogen-bond donors (Lipinski definition) is 1. The minimum atomic E-state index is 0.0183. The number of fused-ring (bicyclic) bond motifs is 1. The highest BCUT2D eigenvalue weighted by molar-refractivity contribution is 7.80. The molecule has 1 aromatic carbocycles. The van der Waals surface area contributed by atoms with Crippen molar-refractivity contribution in [2.45, 2.75) is 6.54 Å². The van der Waals surface area contributed by atoms with Gasteiger partial charge in [-0.25, -0.2) is 0 Å². The highest BCUT2D eigenvalue weighted by Crippen LogP contribution is 2.08. The smallest absolute Gasteiger partial charge is 0.189 e. The summed E-state index contributed by atoms with van der Waals surface area (Å²) in [6, 6.07) is 8.94. The van der Waals surface area contributed by atoms with Crippen LogP contribution < -0.4 is 11.2 Å². The average Bonchev–Trinajstić information content (AvgIpc) is 2.22. The molecule has 76 valence electrons. The Hall–Kier alpha value is -1.68. The largest absolute Gasteiger partial charge is 0.392 e. The van der Waals surface area contributed by atoms with E-state index in [-0.39, 0.29) is 5.43 Å². The molecule has 15 heavy (non-hydrogen) atoms. The van der Waals surface area contributed by atoms with Crippen molar-refractivity contribution >= 4 is 28.1 Å². The van der Waals surface area contributed by atoms with E-state index in [1.165, 1.54) is 6.07 Å². The van der Waals surface area contributed by atoms with Crippen LogP contribution in [0.3, 0.4) is 0 Å². The van der Waals surface area contributed by atoms with Gasteiger partial charge in [-0.2, -0.15) is 0 Å². The molecule has 0 saturated heterocycles. The first-order valence-corrected chi connectivity index (χ1v) is 4.96. The van der Waals surface area contributed by atoms with Crippen LogP contribution in [-0.4, -0.2) is 9.56 Å². The molecule has 1 aromatic heterocycles. The Morgan fingerprint density at radius 3 is 2.80 bits per heavy atom. The van der Waals surface area contributed by atoms with E-state index in [0.29, 0.717) is 16.9 Å². The molecule has 0 fully saturated rings. The fraction of sp³-hybridized carbons (Fsp3) is 0.0909. The SMILES string of the molecule is NC(=S)Cn1ccc(=O)c2ccccc21. The third-order valence-corrected chi connectivity index (χ3v) is 2.34. The number of rotatable bonds is 2. The van der Waals surface area contributed by atoms with Gasteiger partial charge in [0.05, 0.1) is 17.0 Å². The summed E-state index contributed by atoms with van der Waals surface area (Å²) in [4.78, 5) is 11.9. The maximum atomic E-state index is 11.5. The summed E-state index contributed by atoms with van der Waals surface area (Å²) in [5, 5.41) is 0.691. The van der Waals surface area contributed by atoms with E-state index in [1.54, 1.807) is 12.3 Å². The first kappa shape index (κ1) is 9.86. The molecule has 2 aromatic rings. The monoisotopic (exact) mass is 218 g/mol. The Balaban J connectivity index is 2.71. The van der Waals surface area contributed by atoms with E-state index in [1.807, 2.05) is 22.8 Å². The van der Waals surface area contributed by atoms with Crippen LogP contribution >= 0.6 is 12.2 Å². The van der Waals surface area contributed by atoms with Crippen molar-refractivity contribution in [3.05, 3.63) is 46.8 Å². The molecule has 0 aliphatic heterocycles. The zero-order valence-electron chi connectivity index (χ0n) is 8.01. The van der Waals surface area contributed by atoms with Gasteiger partial charge < -0.3 is 10.3 Å². The summed E-state index contributed by atoms with van der Waals surface area (Å²) >= 11 is 4.85. The molecule has 3 nitrogen and oxygen atoms in total. The quantitative estimate of drug-likeness (QED) is 0.773. The molecule has 0 unspecified atom stereocenters. The van der Waals surface area contributed by atoms with Gasteiger partial charge in [-0.1, -0.05) is 24.4 Å². The van der Waals surface area contributed by atoms with Crippen LogP contribution in [0.5, 0.6) is 0 Å². The summed E-state index contributed by atoms with van der Waals surface area (Å²) in [6.07, 6.45) is 1.71. The minimum Gasteiger partial charge on any atom is -0.392 e. The van der Waals surface area contributed by atoms with Crippen LogP contribution in [0, 0.1) is 0 Å². The van der Waals surface area contributed by atoms with Gasteiger partial charge in [0.15, 0.2) is 5.43 Å². The summed E-state index contributed by atoms with van der Waals surface area (Å²) in [6.45, 7) is 0.454. The maximum absolute atomic E-state index is 11.5. The summed E-state index contributed by atoms with van der Waals surface area (Å²) in [7, 11) is 0. The fourth-order valence-corrected chi connectivity index (χ4v) is 1.71. The van der Waals surface area contributed by atoms with Crippen LogP contribution in [0.25, 0.3) is 10.9 Å². The molecule has 0 aliphatic carbocycles.